The molecule has 3 heterocycles. The number of nitrogens with one attached hydrogen (secondary N) is 3. The molecule has 1 saturated heterocycles. The number of nitrogen functional groups attached to an aromatic ring is 1. The first-order valence-corrected chi connectivity index (χ1v) is 23.4. The predicted octanol–water partition coefficient (Wildman–Crippen LogP) is 1.00. The van der Waals surface area contributed by atoms with E-state index >= 15 is 0 Å². The molecule has 7 atom stereocenters. The number of ether oxygens (including phenoxy) is 1. The van der Waals surface area contributed by atoms with Crippen molar-refractivity contribution >= 4 is 64.2 Å². The van der Waals surface area contributed by atoms with E-state index in [1.807, 2.05) is 0 Å². The number of unbranched alkanes of at least 4 members (excludes halogenated alkanes) is 5. The second kappa shape index (κ2) is 22.5. The number of aliphatic hydroxyl groups is 2. The highest BCUT2D eigenvalue weighted by atomic mass is 32.2. The Morgan fingerprint density at radius 1 is 1.00 bits per heavy atom. The maximum Gasteiger partial charge on any atom is 0.481 e. The number of amides is 2. The Morgan fingerprint density at radius 2 is 1.68 bits per heavy atom. The highest BCUT2D eigenvalue weighted by molar-refractivity contribution is 7.97. The van der Waals surface area contributed by atoms with Crippen LogP contribution in [-0.2, 0) is 45.9 Å². The molecule has 28 heteroatoms. The van der Waals surface area contributed by atoms with Crippen LogP contribution in [0.1, 0.15) is 71.9 Å². The van der Waals surface area contributed by atoms with E-state index in [0.717, 1.165) is 30.2 Å². The summed E-state index contributed by atoms with van der Waals surface area (Å²) in [6, 6.07) is 0. The highest BCUT2D eigenvalue weighted by Crippen LogP contribution is 2.61. The Balaban J connectivity index is 1.43. The average molecular weight is 895 g/mol. The molecule has 0 bridgehead atoms. The highest BCUT2D eigenvalue weighted by Gasteiger charge is 2.50. The summed E-state index contributed by atoms with van der Waals surface area (Å²) in [7, 11) is -16.3. The smallest absolute Gasteiger partial charge is 0.386 e. The Morgan fingerprint density at radius 3 is 2.39 bits per heavy atom. The van der Waals surface area contributed by atoms with Crippen molar-refractivity contribution in [1.29, 1.82) is 0 Å². The van der Waals surface area contributed by atoms with Crippen molar-refractivity contribution in [3.63, 3.8) is 0 Å². The SMILES string of the molecule is CCCCCCCCNSCCNC(=O)CCNC(=O)[C@H](O)C(C)(C)COP(=O)(O)OP(=O)(O)OC[C@H]1O[C@@H](n2cnc3c(N)ncnc32)[C@H](O)[C@@H]1OP(=O)(O)O. The number of anilines is 1. The van der Waals surface area contributed by atoms with Crippen LogP contribution in [0, 0.1) is 5.41 Å². The van der Waals surface area contributed by atoms with Crippen LogP contribution in [0.3, 0.4) is 0 Å². The van der Waals surface area contributed by atoms with Gasteiger partial charge in [0.2, 0.25) is 11.8 Å². The van der Waals surface area contributed by atoms with E-state index in [1.54, 1.807) is 0 Å². The van der Waals surface area contributed by atoms with Crippen LogP contribution in [0.15, 0.2) is 12.7 Å². The topological polar surface area (TPSA) is 359 Å². The molecule has 3 rings (SSSR count). The van der Waals surface area contributed by atoms with Gasteiger partial charge in [0.05, 0.1) is 19.5 Å². The molecule has 2 aromatic rings. The molecule has 1 fully saturated rings. The summed E-state index contributed by atoms with van der Waals surface area (Å²) in [5, 5.41) is 26.6. The lowest BCUT2D eigenvalue weighted by Gasteiger charge is -2.30. The van der Waals surface area contributed by atoms with Gasteiger partial charge in [-0.2, -0.15) is 4.31 Å². The molecule has 2 aromatic heterocycles. The van der Waals surface area contributed by atoms with Crippen molar-refractivity contribution in [1.82, 2.24) is 34.9 Å². The monoisotopic (exact) mass is 894 g/mol. The molecule has 24 nitrogen and oxygen atoms in total. The number of phosphoric acid groups is 3. The van der Waals surface area contributed by atoms with Crippen LogP contribution in [0.5, 0.6) is 0 Å². The standard InChI is InChI=1S/C29H53N8O16P3S/c1-4-5-6-7-8-9-11-36-57-14-13-31-20(38)10-12-32-27(41)24(40)29(2,3)16-50-56(47,48)53-55(45,46)49-15-19-23(52-54(42,43)44)22(39)28(51-19)37-18-35-21-25(30)33-17-34-26(21)37/h17-19,22-24,28,36,39-40H,4-16H2,1-3H3,(H,31,38)(H,32,41)(H,45,46)(H,47,48)(H2,30,33,34)(H2,42,43,44)/t19-,22-,23-,24+,28-/m1/s1. The van der Waals surface area contributed by atoms with Gasteiger partial charge >= 0.3 is 23.5 Å². The summed E-state index contributed by atoms with van der Waals surface area (Å²) in [6.45, 7) is 3.92. The third kappa shape index (κ3) is 16.4. The van der Waals surface area contributed by atoms with E-state index in [9.17, 15) is 53.1 Å². The van der Waals surface area contributed by atoms with E-state index in [0.29, 0.717) is 12.3 Å². The molecule has 2 unspecified atom stereocenters. The summed E-state index contributed by atoms with van der Waals surface area (Å²) < 4.78 is 65.5. The Kier molecular flexibility index (Phi) is 19.4. The lowest BCUT2D eigenvalue weighted by Crippen LogP contribution is -2.46. The summed E-state index contributed by atoms with van der Waals surface area (Å²) in [5.74, 6) is -0.651. The van der Waals surface area contributed by atoms with Crippen LogP contribution >= 0.6 is 35.4 Å². The predicted molar refractivity (Wildman–Crippen MR) is 203 cm³/mol. The van der Waals surface area contributed by atoms with Crippen molar-refractivity contribution in [2.75, 3.05) is 44.3 Å². The molecule has 57 heavy (non-hydrogen) atoms. The Labute approximate surface area is 332 Å². The second-order valence-corrected chi connectivity index (χ2v) is 18.8. The van der Waals surface area contributed by atoms with E-state index in [1.165, 1.54) is 57.9 Å². The van der Waals surface area contributed by atoms with Crippen LogP contribution in [0.25, 0.3) is 11.2 Å². The van der Waals surface area contributed by atoms with Crippen molar-refractivity contribution in [3.05, 3.63) is 12.7 Å². The summed E-state index contributed by atoms with van der Waals surface area (Å²) in [5.41, 5.74) is 4.32. The van der Waals surface area contributed by atoms with Gasteiger partial charge in [0.1, 0.15) is 36.3 Å². The van der Waals surface area contributed by atoms with Crippen LogP contribution in [0.2, 0.25) is 0 Å². The molecular weight excluding hydrogens is 841 g/mol. The van der Waals surface area contributed by atoms with Crippen LogP contribution in [0.4, 0.5) is 5.82 Å². The second-order valence-electron chi connectivity index (χ2n) is 13.6. The van der Waals surface area contributed by atoms with E-state index in [2.05, 4.69) is 46.1 Å². The van der Waals surface area contributed by atoms with Gasteiger partial charge in [0, 0.05) is 37.2 Å². The first kappa shape index (κ1) is 49.2. The number of imidazole rings is 1. The zero-order chi connectivity index (χ0) is 42.4. The molecular formula is C29H53N8O16P3S. The molecule has 0 aromatic carbocycles. The molecule has 2 amide bonds. The van der Waals surface area contributed by atoms with Gasteiger partial charge in [-0.15, -0.1) is 0 Å². The molecule has 0 radical (unpaired) electrons. The third-order valence-electron chi connectivity index (χ3n) is 8.34. The minimum atomic E-state index is -5.55. The molecule has 0 spiro atoms. The molecule has 0 saturated carbocycles. The van der Waals surface area contributed by atoms with Crippen molar-refractivity contribution in [3.8, 4) is 0 Å². The Bertz CT molecular complexity index is 1760. The first-order valence-electron chi connectivity index (χ1n) is 17.9. The van der Waals surface area contributed by atoms with E-state index in [4.69, 9.17) is 19.5 Å². The van der Waals surface area contributed by atoms with Crippen LogP contribution in [-0.4, -0.2) is 124 Å². The number of nitrogens with zero attached hydrogens (tertiary/aromatic N) is 4. The number of fused-ring (bicyclic) bond motifs is 1. The number of rotatable bonds is 27. The number of carbonyl (C=O) groups is 2. The average Bonchev–Trinajstić information content (AvgIpc) is 3.68. The number of nitrogens with two attached hydrogens (primary N) is 1. The van der Waals surface area contributed by atoms with Gasteiger partial charge < -0.3 is 50.9 Å². The van der Waals surface area contributed by atoms with Crippen molar-refractivity contribution < 1.29 is 75.7 Å². The van der Waals surface area contributed by atoms with Gasteiger partial charge in [-0.1, -0.05) is 64.8 Å². The molecule has 0 aliphatic carbocycles. The van der Waals surface area contributed by atoms with E-state index < -0.39 is 78.6 Å². The fourth-order valence-corrected chi connectivity index (χ4v) is 8.77. The molecule has 11 N–H and O–H groups in total. The normalized spacial score (nSPS) is 21.6. The maximum absolute atomic E-state index is 12.7. The minimum Gasteiger partial charge on any atom is -0.386 e. The first-order chi connectivity index (χ1) is 26.7. The molecule has 1 aliphatic heterocycles. The van der Waals surface area contributed by atoms with Gasteiger partial charge in [0.25, 0.3) is 0 Å². The van der Waals surface area contributed by atoms with Crippen molar-refractivity contribution in [2.24, 2.45) is 5.41 Å². The van der Waals surface area contributed by atoms with Gasteiger partial charge in [-0.05, 0) is 6.42 Å². The lowest BCUT2D eigenvalue weighted by molar-refractivity contribution is -0.137. The number of hydrogen-bond donors (Lipinski definition) is 10. The van der Waals surface area contributed by atoms with Crippen LogP contribution < -0.4 is 21.1 Å². The summed E-state index contributed by atoms with van der Waals surface area (Å²) in [4.78, 5) is 75.7. The zero-order valence-corrected chi connectivity index (χ0v) is 35.1. The maximum atomic E-state index is 12.7. The number of carbonyl (C=O) groups excluding carboxylic acids is 2. The third-order valence-corrected chi connectivity index (χ3v) is 12.3. The number of phosphoric ester groups is 3. The number of aromatic nitrogens is 4. The zero-order valence-electron chi connectivity index (χ0n) is 31.6. The fourth-order valence-electron chi connectivity index (χ4n) is 5.30. The molecule has 1 aliphatic rings. The summed E-state index contributed by atoms with van der Waals surface area (Å²) in [6.07, 6.45) is 0.476. The van der Waals surface area contributed by atoms with Gasteiger partial charge in [-0.25, -0.2) is 28.6 Å². The Hall–Kier alpha value is -2.15. The fraction of sp³-hybridized carbons (Fsp3) is 0.759. The minimum absolute atomic E-state index is 0.0342. The quantitative estimate of drug-likeness (QED) is 0.0340. The number of aliphatic hydroxyl groups excluding tert-OH is 2. The lowest BCUT2D eigenvalue weighted by atomic mass is 9.87. The van der Waals surface area contributed by atoms with E-state index in [-0.39, 0.29) is 35.9 Å². The molecule has 326 valence electrons. The summed E-state index contributed by atoms with van der Waals surface area (Å²) >= 11 is 1.50. The van der Waals surface area contributed by atoms with Gasteiger partial charge in [-0.3, -0.25) is 32.4 Å². The largest absolute Gasteiger partial charge is 0.481 e. The van der Waals surface area contributed by atoms with Gasteiger partial charge in [0.15, 0.2) is 17.7 Å². The number of hydrogen-bond acceptors (Lipinski definition) is 18. The van der Waals surface area contributed by atoms with Crippen molar-refractivity contribution in [2.45, 2.75) is 96.4 Å².